The Bertz CT molecular complexity index is 1230. The number of carboxylic acid groups (broad SMARTS) is 1. The van der Waals surface area contributed by atoms with Crippen LogP contribution < -0.4 is 15.4 Å². The number of hydrogen-bond donors (Lipinski definition) is 3. The highest BCUT2D eigenvalue weighted by Crippen LogP contribution is 2.23. The fourth-order valence-corrected chi connectivity index (χ4v) is 4.48. The highest BCUT2D eigenvalue weighted by Gasteiger charge is 2.17. The van der Waals surface area contributed by atoms with Gasteiger partial charge in [-0.15, -0.1) is 0 Å². The molecule has 0 aliphatic carbocycles. The third kappa shape index (κ3) is 11.2. The third-order valence-corrected chi connectivity index (χ3v) is 6.92. The molecule has 3 rings (SSSR count). The van der Waals surface area contributed by atoms with Gasteiger partial charge in [0.2, 0.25) is 5.91 Å². The Hall–Kier alpha value is -3.82. The van der Waals surface area contributed by atoms with Gasteiger partial charge in [-0.05, 0) is 57.1 Å². The van der Waals surface area contributed by atoms with E-state index in [0.29, 0.717) is 18.8 Å². The summed E-state index contributed by atoms with van der Waals surface area (Å²) in [7, 11) is 3.66. The maximum absolute atomic E-state index is 12.4. The average Bonchev–Trinajstić information content (AvgIpc) is 2.98. The van der Waals surface area contributed by atoms with Crippen LogP contribution in [0.25, 0.3) is 22.5 Å². The summed E-state index contributed by atoms with van der Waals surface area (Å²) >= 11 is 0. The van der Waals surface area contributed by atoms with Gasteiger partial charge in [0.15, 0.2) is 5.82 Å². The predicted octanol–water partition coefficient (Wildman–Crippen LogP) is 4.81. The van der Waals surface area contributed by atoms with E-state index in [4.69, 9.17) is 4.74 Å². The van der Waals surface area contributed by atoms with Crippen LogP contribution in [0.15, 0.2) is 60.9 Å². The summed E-state index contributed by atoms with van der Waals surface area (Å²) < 4.78 is 5.87. The molecule has 2 atom stereocenters. The highest BCUT2D eigenvalue weighted by atomic mass is 16.5. The molecule has 0 fully saturated rings. The van der Waals surface area contributed by atoms with E-state index in [1.807, 2.05) is 75.0 Å². The lowest BCUT2D eigenvalue weighted by molar-refractivity contribution is -0.139. The summed E-state index contributed by atoms with van der Waals surface area (Å²) in [6.45, 7) is 5.14. The van der Waals surface area contributed by atoms with Gasteiger partial charge in [0.25, 0.3) is 0 Å². The normalized spacial score (nSPS) is 12.6. The van der Waals surface area contributed by atoms with Crippen molar-refractivity contribution < 1.29 is 19.4 Å². The molecule has 0 aliphatic rings. The molecule has 9 nitrogen and oxygen atoms in total. The number of rotatable bonds is 18. The summed E-state index contributed by atoms with van der Waals surface area (Å²) in [6, 6.07) is 15.0. The zero-order valence-corrected chi connectivity index (χ0v) is 25.3. The molecule has 3 aromatic rings. The zero-order chi connectivity index (χ0) is 30.3. The van der Waals surface area contributed by atoms with Gasteiger partial charge in [0, 0.05) is 36.1 Å². The van der Waals surface area contributed by atoms with E-state index in [2.05, 4.69) is 27.5 Å². The van der Waals surface area contributed by atoms with Gasteiger partial charge in [-0.3, -0.25) is 9.59 Å². The number of nitrogens with zero attached hydrogens (tertiary/aromatic N) is 3. The molecule has 0 spiro atoms. The molecule has 226 valence electrons. The lowest BCUT2D eigenvalue weighted by atomic mass is 10.0. The van der Waals surface area contributed by atoms with E-state index in [-0.39, 0.29) is 18.5 Å². The Morgan fingerprint density at radius 3 is 2.17 bits per heavy atom. The standard InChI is InChI=1S/C33H45N5O4/c1-5-6-7-8-9-18-42-30-16-14-26(15-17-30)28-20-35-32(36-21-28)27-12-10-25(11-13-27)19-29(22-34-24(2)33(40)41)37-31(39)23-38(3)4/h10-17,20-21,24,29,34H,5-9,18-19,22-23H2,1-4H3,(H,37,39)(H,40,41)/t24-,29+/m1/s1. The maximum atomic E-state index is 12.4. The van der Waals surface area contributed by atoms with Crippen LogP contribution >= 0.6 is 0 Å². The molecule has 0 saturated heterocycles. The molecule has 0 unspecified atom stereocenters. The van der Waals surface area contributed by atoms with Crippen LogP contribution in [0.5, 0.6) is 5.75 Å². The van der Waals surface area contributed by atoms with Gasteiger partial charge < -0.3 is 25.4 Å². The summed E-state index contributed by atoms with van der Waals surface area (Å²) in [5, 5.41) is 15.2. The quantitative estimate of drug-likeness (QED) is 0.185. The number of aliphatic carboxylic acids is 1. The maximum Gasteiger partial charge on any atom is 0.320 e. The first-order valence-corrected chi connectivity index (χ1v) is 14.8. The minimum absolute atomic E-state index is 0.111. The molecule has 9 heteroatoms. The van der Waals surface area contributed by atoms with E-state index in [1.165, 1.54) is 25.7 Å². The zero-order valence-electron chi connectivity index (χ0n) is 25.3. The monoisotopic (exact) mass is 575 g/mol. The molecule has 0 bridgehead atoms. The van der Waals surface area contributed by atoms with Gasteiger partial charge in [0.05, 0.1) is 13.2 Å². The van der Waals surface area contributed by atoms with Crippen LogP contribution in [-0.4, -0.2) is 77.7 Å². The van der Waals surface area contributed by atoms with E-state index >= 15 is 0 Å². The summed E-state index contributed by atoms with van der Waals surface area (Å²) in [5.41, 5.74) is 3.86. The first-order chi connectivity index (χ1) is 20.2. The van der Waals surface area contributed by atoms with Gasteiger partial charge in [-0.1, -0.05) is 69.0 Å². The second-order valence-electron chi connectivity index (χ2n) is 11.0. The molecule has 0 aliphatic heterocycles. The van der Waals surface area contributed by atoms with Gasteiger partial charge in [0.1, 0.15) is 11.8 Å². The Morgan fingerprint density at radius 2 is 1.55 bits per heavy atom. The number of likely N-dealkylation sites (N-methyl/N-ethyl adjacent to an activating group) is 1. The molecular weight excluding hydrogens is 530 g/mol. The number of aromatic nitrogens is 2. The summed E-state index contributed by atoms with van der Waals surface area (Å²) in [5.74, 6) is 0.456. The van der Waals surface area contributed by atoms with Crippen molar-refractivity contribution in [3.63, 3.8) is 0 Å². The Kier molecular flexibility index (Phi) is 13.4. The SMILES string of the molecule is CCCCCCCOc1ccc(-c2cnc(-c3ccc(C[C@@H](CN[C@H](C)C(=O)O)NC(=O)CN(C)C)cc3)nc2)cc1. The lowest BCUT2D eigenvalue weighted by Crippen LogP contribution is -2.49. The third-order valence-electron chi connectivity index (χ3n) is 6.92. The second-order valence-corrected chi connectivity index (χ2v) is 11.0. The fraction of sp³-hybridized carbons (Fsp3) is 0.455. The van der Waals surface area contributed by atoms with Crippen molar-refractivity contribution in [1.29, 1.82) is 0 Å². The van der Waals surface area contributed by atoms with Crippen LogP contribution in [0.4, 0.5) is 0 Å². The van der Waals surface area contributed by atoms with Crippen molar-refractivity contribution in [1.82, 2.24) is 25.5 Å². The topological polar surface area (TPSA) is 117 Å². The van der Waals surface area contributed by atoms with E-state index in [0.717, 1.165) is 41.0 Å². The van der Waals surface area contributed by atoms with Crippen molar-refractivity contribution in [2.45, 2.75) is 64.5 Å². The number of amides is 1. The number of benzene rings is 2. The van der Waals surface area contributed by atoms with E-state index in [9.17, 15) is 14.7 Å². The minimum Gasteiger partial charge on any atom is -0.494 e. The number of carbonyl (C=O) groups excluding carboxylic acids is 1. The van der Waals surface area contributed by atoms with Crippen molar-refractivity contribution in [3.05, 3.63) is 66.5 Å². The summed E-state index contributed by atoms with van der Waals surface area (Å²) in [4.78, 5) is 34.6. The molecule has 3 N–H and O–H groups in total. The molecule has 0 saturated carbocycles. The van der Waals surface area contributed by atoms with Crippen LogP contribution in [0.3, 0.4) is 0 Å². The molecule has 1 heterocycles. The van der Waals surface area contributed by atoms with E-state index < -0.39 is 12.0 Å². The van der Waals surface area contributed by atoms with Crippen LogP contribution in [0.1, 0.15) is 51.5 Å². The number of hydrogen-bond acceptors (Lipinski definition) is 7. The van der Waals surface area contributed by atoms with Gasteiger partial charge >= 0.3 is 5.97 Å². The second kappa shape index (κ2) is 17.2. The predicted molar refractivity (Wildman–Crippen MR) is 166 cm³/mol. The van der Waals surface area contributed by atoms with Crippen LogP contribution in [-0.2, 0) is 16.0 Å². The van der Waals surface area contributed by atoms with Crippen molar-refractivity contribution in [2.75, 3.05) is 33.8 Å². The summed E-state index contributed by atoms with van der Waals surface area (Å²) in [6.07, 6.45) is 10.3. The van der Waals surface area contributed by atoms with Crippen LogP contribution in [0, 0.1) is 0 Å². The number of ether oxygens (including phenoxy) is 1. The average molecular weight is 576 g/mol. The van der Waals surface area contributed by atoms with Crippen molar-refractivity contribution in [2.24, 2.45) is 0 Å². The number of nitrogens with one attached hydrogen (secondary N) is 2. The molecule has 1 amide bonds. The van der Waals surface area contributed by atoms with E-state index in [1.54, 1.807) is 11.8 Å². The van der Waals surface area contributed by atoms with Crippen molar-refractivity contribution >= 4 is 11.9 Å². The number of carboxylic acids is 1. The molecular formula is C33H45N5O4. The van der Waals surface area contributed by atoms with Crippen LogP contribution in [0.2, 0.25) is 0 Å². The first-order valence-electron chi connectivity index (χ1n) is 14.8. The molecule has 42 heavy (non-hydrogen) atoms. The first kappa shape index (κ1) is 32.7. The van der Waals surface area contributed by atoms with Crippen molar-refractivity contribution in [3.8, 4) is 28.3 Å². The Labute approximate surface area is 249 Å². The lowest BCUT2D eigenvalue weighted by Gasteiger charge is -2.22. The Morgan fingerprint density at radius 1 is 0.905 bits per heavy atom. The number of unbranched alkanes of at least 4 members (excludes halogenated alkanes) is 4. The fourth-order valence-electron chi connectivity index (χ4n) is 4.48. The van der Waals surface area contributed by atoms with Gasteiger partial charge in [-0.25, -0.2) is 9.97 Å². The molecule has 1 aromatic heterocycles. The largest absolute Gasteiger partial charge is 0.494 e. The smallest absolute Gasteiger partial charge is 0.320 e. The highest BCUT2D eigenvalue weighted by molar-refractivity contribution is 5.78. The molecule has 2 aromatic carbocycles. The van der Waals surface area contributed by atoms with Gasteiger partial charge in [-0.2, -0.15) is 0 Å². The minimum atomic E-state index is -0.932. The number of carbonyl (C=O) groups is 2. The molecule has 0 radical (unpaired) electrons. The Balaban J connectivity index is 1.58.